The molecule has 1 saturated carbocycles. The van der Waals surface area contributed by atoms with E-state index in [9.17, 15) is 14.7 Å². The van der Waals surface area contributed by atoms with Crippen molar-refractivity contribution in [1.29, 1.82) is 0 Å². The number of carbonyl (C=O) groups is 2. The fraction of sp³-hybridized carbons (Fsp3) is 0.786. The molecule has 8 N–H and O–H groups in total. The molecule has 0 bridgehead atoms. The van der Waals surface area contributed by atoms with Gasteiger partial charge in [0.05, 0.1) is 6.04 Å². The Kier molecular flexibility index (Phi) is 10.2. The molecule has 0 radical (unpaired) electrons. The number of aliphatic carboxylic acids is 1. The van der Waals surface area contributed by atoms with Gasteiger partial charge in [0.1, 0.15) is 5.54 Å². The van der Waals surface area contributed by atoms with Gasteiger partial charge in [0.15, 0.2) is 0 Å². The van der Waals surface area contributed by atoms with Gasteiger partial charge in [-0.2, -0.15) is 9.59 Å². The fourth-order valence-corrected chi connectivity index (χ4v) is 3.00. The van der Waals surface area contributed by atoms with E-state index in [4.69, 9.17) is 31.1 Å². The summed E-state index contributed by atoms with van der Waals surface area (Å²) in [5.41, 5.74) is 10.1. The van der Waals surface area contributed by atoms with Crippen molar-refractivity contribution in [1.82, 2.24) is 5.32 Å². The molecule has 0 aromatic heterocycles. The van der Waals surface area contributed by atoms with E-state index >= 15 is 0 Å². The van der Waals surface area contributed by atoms with Crippen molar-refractivity contribution in [3.8, 4) is 0 Å². The number of carboxylic acid groups (broad SMARTS) is 1. The molecule has 0 spiro atoms. The Labute approximate surface area is 146 Å². The monoisotopic (exact) mass is 359 g/mol. The molecule has 0 aromatic carbocycles. The SMILES string of the molecule is C[C@H](N)C(=O)NC[C@@H]1CC[C@@H](CCB(O)O)C[C@]1(N)C(=O)O.O=C=O. The normalized spacial score (nSPS) is 26.4. The second-order valence-electron chi connectivity index (χ2n) is 6.37. The number of nitrogens with one attached hydrogen (secondary N) is 1. The van der Waals surface area contributed by atoms with Crippen LogP contribution in [0.4, 0.5) is 0 Å². The van der Waals surface area contributed by atoms with Gasteiger partial charge < -0.3 is 31.9 Å². The van der Waals surface area contributed by atoms with Crippen LogP contribution in [-0.2, 0) is 19.2 Å². The van der Waals surface area contributed by atoms with Crippen LogP contribution in [0.15, 0.2) is 0 Å². The molecule has 0 saturated heterocycles. The van der Waals surface area contributed by atoms with E-state index in [2.05, 4.69) is 5.32 Å². The van der Waals surface area contributed by atoms with E-state index in [1.807, 2.05) is 0 Å². The topological polar surface area (TPSA) is 193 Å². The molecule has 10 nitrogen and oxygen atoms in total. The molecule has 1 aliphatic rings. The Bertz CT molecular complexity index is 483. The fourth-order valence-electron chi connectivity index (χ4n) is 3.00. The van der Waals surface area contributed by atoms with Crippen LogP contribution in [0.5, 0.6) is 0 Å². The Morgan fingerprint density at radius 2 is 1.92 bits per heavy atom. The molecule has 142 valence electrons. The van der Waals surface area contributed by atoms with Gasteiger partial charge in [-0.1, -0.05) is 6.42 Å². The van der Waals surface area contributed by atoms with Gasteiger partial charge in [-0.05, 0) is 38.4 Å². The second-order valence-corrected chi connectivity index (χ2v) is 6.37. The summed E-state index contributed by atoms with van der Waals surface area (Å²) in [5.74, 6) is -1.77. The quantitative estimate of drug-likeness (QED) is 0.277. The molecule has 25 heavy (non-hydrogen) atoms. The van der Waals surface area contributed by atoms with Crippen LogP contribution in [0, 0.1) is 11.8 Å². The first-order chi connectivity index (χ1) is 11.6. The number of hydrogen-bond acceptors (Lipinski definition) is 8. The van der Waals surface area contributed by atoms with Gasteiger partial charge in [0.25, 0.3) is 0 Å². The van der Waals surface area contributed by atoms with Crippen LogP contribution < -0.4 is 16.8 Å². The first-order valence-electron chi connectivity index (χ1n) is 7.99. The van der Waals surface area contributed by atoms with Gasteiger partial charge >= 0.3 is 19.2 Å². The average molecular weight is 359 g/mol. The lowest BCUT2D eigenvalue weighted by Gasteiger charge is -2.41. The summed E-state index contributed by atoms with van der Waals surface area (Å²) in [6, 6.07) is -0.653. The Morgan fingerprint density at radius 3 is 2.36 bits per heavy atom. The number of rotatable bonds is 7. The zero-order valence-corrected chi connectivity index (χ0v) is 14.2. The predicted octanol–water partition coefficient (Wildman–Crippen LogP) is -2.07. The largest absolute Gasteiger partial charge is 0.480 e. The highest BCUT2D eigenvalue weighted by atomic mass is 16.4. The second kappa shape index (κ2) is 11.0. The predicted molar refractivity (Wildman–Crippen MR) is 86.7 cm³/mol. The lowest BCUT2D eigenvalue weighted by atomic mass is 9.66. The van der Waals surface area contributed by atoms with E-state index < -0.39 is 24.7 Å². The molecule has 1 rings (SSSR count). The summed E-state index contributed by atoms with van der Waals surface area (Å²) in [6.07, 6.45) is 2.54. The third kappa shape index (κ3) is 7.76. The molecule has 0 aromatic rings. The minimum Gasteiger partial charge on any atom is -0.480 e. The number of nitrogens with two attached hydrogens (primary N) is 2. The van der Waals surface area contributed by atoms with Gasteiger partial charge in [-0.15, -0.1) is 0 Å². The van der Waals surface area contributed by atoms with E-state index in [1.165, 1.54) is 0 Å². The first-order valence-corrected chi connectivity index (χ1v) is 7.99. The van der Waals surface area contributed by atoms with Gasteiger partial charge in [0.2, 0.25) is 5.91 Å². The van der Waals surface area contributed by atoms with Crippen LogP contribution in [0.2, 0.25) is 6.32 Å². The van der Waals surface area contributed by atoms with Crippen molar-refractivity contribution >= 4 is 25.1 Å². The summed E-state index contributed by atoms with van der Waals surface area (Å²) in [5, 5.41) is 30.0. The van der Waals surface area contributed by atoms with Crippen LogP contribution in [-0.4, -0.2) is 58.4 Å². The van der Waals surface area contributed by atoms with Crippen molar-refractivity contribution < 1.29 is 34.3 Å². The number of carbonyl (C=O) groups excluding carboxylic acids is 3. The highest BCUT2D eigenvalue weighted by Crippen LogP contribution is 2.37. The van der Waals surface area contributed by atoms with E-state index in [1.54, 1.807) is 6.92 Å². The maximum absolute atomic E-state index is 11.6. The van der Waals surface area contributed by atoms with E-state index in [0.717, 1.165) is 6.42 Å². The van der Waals surface area contributed by atoms with E-state index in [0.29, 0.717) is 12.8 Å². The van der Waals surface area contributed by atoms with Crippen LogP contribution in [0.3, 0.4) is 0 Å². The van der Waals surface area contributed by atoms with Crippen LogP contribution >= 0.6 is 0 Å². The lowest BCUT2D eigenvalue weighted by Crippen LogP contribution is -2.60. The van der Waals surface area contributed by atoms with Crippen LogP contribution in [0.25, 0.3) is 0 Å². The zero-order chi connectivity index (χ0) is 19.6. The highest BCUT2D eigenvalue weighted by Gasteiger charge is 2.46. The van der Waals surface area contributed by atoms with Crippen LogP contribution in [0.1, 0.15) is 32.6 Å². The smallest absolute Gasteiger partial charge is 0.451 e. The first kappa shape index (κ1) is 23.2. The number of hydrogen-bond donors (Lipinski definition) is 6. The van der Waals surface area contributed by atoms with Crippen molar-refractivity contribution in [3.63, 3.8) is 0 Å². The van der Waals surface area contributed by atoms with E-state index in [-0.39, 0.29) is 43.2 Å². The average Bonchev–Trinajstić information content (AvgIpc) is 2.52. The molecule has 1 amide bonds. The third-order valence-electron chi connectivity index (χ3n) is 4.45. The van der Waals surface area contributed by atoms with Gasteiger partial charge in [-0.3, -0.25) is 9.59 Å². The summed E-state index contributed by atoms with van der Waals surface area (Å²) in [7, 11) is -1.39. The molecular formula is C14H26BN3O7. The standard InChI is InChI=1S/C13H26BN3O5.CO2/c1-8(15)11(18)17-7-10-3-2-9(4-5-14(21)22)6-13(10,16)12(19)20;2-1-3/h8-10,21-22H,2-7,15-16H2,1H3,(H,17,18)(H,19,20);/t8-,9-,10-,13+;/m0./s1. The number of carboxylic acids is 1. The van der Waals surface area contributed by atoms with Gasteiger partial charge in [-0.25, -0.2) is 0 Å². The minimum absolute atomic E-state index is 0.0308. The van der Waals surface area contributed by atoms with Crippen molar-refractivity contribution in [3.05, 3.63) is 0 Å². The summed E-state index contributed by atoms with van der Waals surface area (Å²) >= 11 is 0. The summed E-state index contributed by atoms with van der Waals surface area (Å²) in [4.78, 5) is 39.4. The molecule has 0 aliphatic heterocycles. The Hall–Kier alpha value is -1.78. The maximum atomic E-state index is 11.6. The molecule has 0 heterocycles. The van der Waals surface area contributed by atoms with Gasteiger partial charge in [0, 0.05) is 12.5 Å². The highest BCUT2D eigenvalue weighted by molar-refractivity contribution is 6.40. The Balaban J connectivity index is 0.00000178. The third-order valence-corrected chi connectivity index (χ3v) is 4.45. The lowest BCUT2D eigenvalue weighted by molar-refractivity contribution is -0.191. The molecule has 1 aliphatic carbocycles. The molecule has 11 heteroatoms. The molecule has 0 unspecified atom stereocenters. The van der Waals surface area contributed by atoms with Crippen molar-refractivity contribution in [2.45, 2.75) is 50.5 Å². The minimum atomic E-state index is -1.42. The molecular weight excluding hydrogens is 333 g/mol. The number of amides is 1. The maximum Gasteiger partial charge on any atom is 0.451 e. The Morgan fingerprint density at radius 1 is 1.36 bits per heavy atom. The van der Waals surface area contributed by atoms with Crippen molar-refractivity contribution in [2.24, 2.45) is 23.3 Å². The van der Waals surface area contributed by atoms with Crippen molar-refractivity contribution in [2.75, 3.05) is 6.54 Å². The zero-order valence-electron chi connectivity index (χ0n) is 14.2. The molecule has 1 fully saturated rings. The summed E-state index contributed by atoms with van der Waals surface area (Å²) < 4.78 is 0. The summed E-state index contributed by atoms with van der Waals surface area (Å²) in [6.45, 7) is 1.73. The molecule has 4 atom stereocenters.